The summed E-state index contributed by atoms with van der Waals surface area (Å²) < 4.78 is 1.90. The molecular weight excluding hydrogens is 250 g/mol. The maximum Gasteiger partial charge on any atom is 0.284 e. The summed E-state index contributed by atoms with van der Waals surface area (Å²) in [5, 5.41) is 10.4. The van der Waals surface area contributed by atoms with Crippen molar-refractivity contribution in [2.24, 2.45) is 0 Å². The van der Waals surface area contributed by atoms with Crippen molar-refractivity contribution in [1.82, 2.24) is 15.0 Å². The molecule has 0 atom stereocenters. The lowest BCUT2D eigenvalue weighted by Gasteiger charge is -1.99. The molecule has 0 aliphatic heterocycles. The SMILES string of the molecule is O=C(NO)c1cc(-n2cnc3ccccc32)cs1. The fourth-order valence-corrected chi connectivity index (χ4v) is 2.56. The highest BCUT2D eigenvalue weighted by molar-refractivity contribution is 7.12. The highest BCUT2D eigenvalue weighted by Gasteiger charge is 2.10. The number of carbonyl (C=O) groups excluding carboxylic acids is 1. The maximum atomic E-state index is 11.3. The fraction of sp³-hybridized carbons (Fsp3) is 0. The number of nitrogens with zero attached hydrogens (tertiary/aromatic N) is 2. The molecule has 18 heavy (non-hydrogen) atoms. The molecule has 0 saturated carbocycles. The molecule has 0 unspecified atom stereocenters. The fourth-order valence-electron chi connectivity index (χ4n) is 1.79. The lowest BCUT2D eigenvalue weighted by Crippen LogP contribution is -2.16. The van der Waals surface area contributed by atoms with Crippen LogP contribution in [-0.4, -0.2) is 20.7 Å². The Morgan fingerprint density at radius 1 is 1.39 bits per heavy atom. The number of hydrogen-bond donors (Lipinski definition) is 2. The Labute approximate surface area is 106 Å². The van der Waals surface area contributed by atoms with Gasteiger partial charge in [-0.05, 0) is 18.2 Å². The van der Waals surface area contributed by atoms with Crippen LogP contribution in [0, 0.1) is 0 Å². The summed E-state index contributed by atoms with van der Waals surface area (Å²) in [7, 11) is 0. The Kier molecular flexibility index (Phi) is 2.58. The molecule has 3 rings (SSSR count). The molecule has 0 aliphatic carbocycles. The van der Waals surface area contributed by atoms with Gasteiger partial charge in [-0.3, -0.25) is 14.6 Å². The number of aromatic nitrogens is 2. The van der Waals surface area contributed by atoms with Crippen molar-refractivity contribution in [2.45, 2.75) is 0 Å². The van der Waals surface area contributed by atoms with Crippen LogP contribution in [0.3, 0.4) is 0 Å². The number of nitrogens with one attached hydrogen (secondary N) is 1. The quantitative estimate of drug-likeness (QED) is 0.547. The average Bonchev–Trinajstić information content (AvgIpc) is 3.03. The van der Waals surface area contributed by atoms with E-state index in [-0.39, 0.29) is 0 Å². The summed E-state index contributed by atoms with van der Waals surface area (Å²) >= 11 is 1.27. The number of hydroxylamine groups is 1. The monoisotopic (exact) mass is 259 g/mol. The van der Waals surface area contributed by atoms with E-state index in [1.807, 2.05) is 34.2 Å². The molecule has 0 fully saturated rings. The molecule has 0 aliphatic rings. The van der Waals surface area contributed by atoms with E-state index < -0.39 is 5.91 Å². The zero-order valence-electron chi connectivity index (χ0n) is 9.20. The second-order valence-electron chi connectivity index (χ2n) is 3.71. The molecule has 3 aromatic rings. The number of amides is 1. The minimum atomic E-state index is -0.504. The Bertz CT molecular complexity index is 717. The Morgan fingerprint density at radius 3 is 3.06 bits per heavy atom. The van der Waals surface area contributed by atoms with Crippen LogP contribution in [0.4, 0.5) is 0 Å². The van der Waals surface area contributed by atoms with Gasteiger partial charge >= 0.3 is 0 Å². The molecule has 2 N–H and O–H groups in total. The van der Waals surface area contributed by atoms with E-state index >= 15 is 0 Å². The third-order valence-electron chi connectivity index (χ3n) is 2.64. The molecule has 1 amide bonds. The first-order valence-electron chi connectivity index (χ1n) is 5.25. The van der Waals surface area contributed by atoms with E-state index in [9.17, 15) is 4.79 Å². The topological polar surface area (TPSA) is 67.2 Å². The van der Waals surface area contributed by atoms with Crippen LogP contribution >= 0.6 is 11.3 Å². The maximum absolute atomic E-state index is 11.3. The largest absolute Gasteiger partial charge is 0.298 e. The first kappa shape index (κ1) is 10.9. The van der Waals surface area contributed by atoms with Crippen molar-refractivity contribution in [3.05, 3.63) is 46.9 Å². The second-order valence-corrected chi connectivity index (χ2v) is 4.62. The van der Waals surface area contributed by atoms with Crippen LogP contribution in [0.15, 0.2) is 42.0 Å². The number of fused-ring (bicyclic) bond motifs is 1. The van der Waals surface area contributed by atoms with Crippen LogP contribution in [-0.2, 0) is 0 Å². The van der Waals surface area contributed by atoms with E-state index in [2.05, 4.69) is 4.98 Å². The molecule has 0 bridgehead atoms. The minimum absolute atomic E-state index is 0.449. The second kappa shape index (κ2) is 4.25. The Morgan fingerprint density at radius 2 is 2.22 bits per heavy atom. The zero-order chi connectivity index (χ0) is 12.5. The summed E-state index contributed by atoms with van der Waals surface area (Å²) in [5.41, 5.74) is 4.36. The van der Waals surface area contributed by atoms with E-state index in [1.54, 1.807) is 17.9 Å². The van der Waals surface area contributed by atoms with Gasteiger partial charge in [-0.2, -0.15) is 0 Å². The summed E-state index contributed by atoms with van der Waals surface area (Å²) in [4.78, 5) is 16.0. The standard InChI is InChI=1S/C12H9N3O2S/c16-12(14-17)11-5-8(6-18-11)15-7-13-9-3-1-2-4-10(9)15/h1-7,17H,(H,14,16). The van der Waals surface area contributed by atoms with E-state index in [0.717, 1.165) is 16.7 Å². The molecule has 2 heterocycles. The molecule has 2 aromatic heterocycles. The van der Waals surface area contributed by atoms with Gasteiger partial charge in [0.05, 0.1) is 21.6 Å². The van der Waals surface area contributed by atoms with Crippen LogP contribution in [0.2, 0.25) is 0 Å². The first-order valence-corrected chi connectivity index (χ1v) is 6.13. The minimum Gasteiger partial charge on any atom is -0.298 e. The summed E-state index contributed by atoms with van der Waals surface area (Å²) in [6.07, 6.45) is 1.72. The van der Waals surface area contributed by atoms with Gasteiger partial charge in [0.25, 0.3) is 5.91 Å². The molecule has 1 aromatic carbocycles. The van der Waals surface area contributed by atoms with Crippen molar-refractivity contribution in [2.75, 3.05) is 0 Å². The van der Waals surface area contributed by atoms with E-state index in [0.29, 0.717) is 4.88 Å². The van der Waals surface area contributed by atoms with Crippen LogP contribution < -0.4 is 5.48 Å². The van der Waals surface area contributed by atoms with Crippen molar-refractivity contribution >= 4 is 28.3 Å². The molecule has 90 valence electrons. The Balaban J connectivity index is 2.09. The molecule has 0 spiro atoms. The van der Waals surface area contributed by atoms with Crippen molar-refractivity contribution < 1.29 is 10.0 Å². The average molecular weight is 259 g/mol. The summed E-state index contributed by atoms with van der Waals surface area (Å²) in [5.74, 6) is -0.504. The van der Waals surface area contributed by atoms with E-state index in [1.165, 1.54) is 11.3 Å². The highest BCUT2D eigenvalue weighted by Crippen LogP contribution is 2.22. The van der Waals surface area contributed by atoms with Gasteiger partial charge in [0.2, 0.25) is 0 Å². The predicted molar refractivity (Wildman–Crippen MR) is 68.2 cm³/mol. The first-order chi connectivity index (χ1) is 8.79. The number of thiophene rings is 1. The number of rotatable bonds is 2. The summed E-state index contributed by atoms with van der Waals surface area (Å²) in [6.45, 7) is 0. The van der Waals surface area contributed by atoms with Gasteiger partial charge in [-0.25, -0.2) is 10.5 Å². The molecule has 0 radical (unpaired) electrons. The number of hydrogen-bond acceptors (Lipinski definition) is 4. The number of benzene rings is 1. The zero-order valence-corrected chi connectivity index (χ0v) is 10.0. The number of para-hydroxylation sites is 2. The number of carbonyl (C=O) groups is 1. The van der Waals surface area contributed by atoms with Crippen LogP contribution in [0.1, 0.15) is 9.67 Å². The van der Waals surface area contributed by atoms with Crippen LogP contribution in [0.5, 0.6) is 0 Å². The molecular formula is C12H9N3O2S. The molecule has 5 nitrogen and oxygen atoms in total. The van der Waals surface area contributed by atoms with Crippen LogP contribution in [0.25, 0.3) is 16.7 Å². The number of imidazole rings is 1. The van der Waals surface area contributed by atoms with Gasteiger partial charge < -0.3 is 0 Å². The van der Waals surface area contributed by atoms with Crippen molar-refractivity contribution in [3.8, 4) is 5.69 Å². The predicted octanol–water partition coefficient (Wildman–Crippen LogP) is 2.21. The Hall–Kier alpha value is -2.18. The lowest BCUT2D eigenvalue weighted by atomic mass is 10.3. The third kappa shape index (κ3) is 1.68. The van der Waals surface area contributed by atoms with Gasteiger partial charge in [-0.1, -0.05) is 12.1 Å². The van der Waals surface area contributed by atoms with Crippen molar-refractivity contribution in [3.63, 3.8) is 0 Å². The van der Waals surface area contributed by atoms with Crippen molar-refractivity contribution in [1.29, 1.82) is 0 Å². The van der Waals surface area contributed by atoms with E-state index in [4.69, 9.17) is 5.21 Å². The molecule has 0 saturated heterocycles. The van der Waals surface area contributed by atoms with Gasteiger partial charge in [-0.15, -0.1) is 11.3 Å². The van der Waals surface area contributed by atoms with Gasteiger partial charge in [0.1, 0.15) is 6.33 Å². The highest BCUT2D eigenvalue weighted by atomic mass is 32.1. The van der Waals surface area contributed by atoms with Gasteiger partial charge in [0.15, 0.2) is 0 Å². The smallest absolute Gasteiger partial charge is 0.284 e. The lowest BCUT2D eigenvalue weighted by molar-refractivity contribution is 0.0711. The molecule has 6 heteroatoms. The normalized spacial score (nSPS) is 10.7. The van der Waals surface area contributed by atoms with Gasteiger partial charge in [0, 0.05) is 5.38 Å². The summed E-state index contributed by atoms with van der Waals surface area (Å²) in [6, 6.07) is 9.47. The third-order valence-corrected chi connectivity index (χ3v) is 3.56.